The number of nitrogens with zero attached hydrogens (tertiary/aromatic N) is 2. The summed E-state index contributed by atoms with van der Waals surface area (Å²) >= 11 is 13.4. The van der Waals surface area contributed by atoms with Crippen molar-refractivity contribution >= 4 is 49.7 Å². The minimum absolute atomic E-state index is 0.00867. The molecule has 3 rings (SSSR count). The third-order valence-corrected chi connectivity index (χ3v) is 6.45. The van der Waals surface area contributed by atoms with Crippen LogP contribution in [0.25, 0.3) is 0 Å². The van der Waals surface area contributed by atoms with E-state index in [0.717, 1.165) is 18.1 Å². The van der Waals surface area contributed by atoms with Gasteiger partial charge in [-0.2, -0.15) is 0 Å². The SMILES string of the molecule is O=S(=O)(NC1CCN(c2nccs2)C1)c1cc(Cl)ccc1Cl. The summed E-state index contributed by atoms with van der Waals surface area (Å²) in [5, 5.41) is 3.30. The average molecular weight is 378 g/mol. The fourth-order valence-corrected chi connectivity index (χ4v) is 5.07. The first kappa shape index (κ1) is 16.0. The van der Waals surface area contributed by atoms with Crippen molar-refractivity contribution in [2.24, 2.45) is 0 Å². The molecular formula is C13H13Cl2N3O2S2. The Morgan fingerprint density at radius 1 is 1.36 bits per heavy atom. The molecular weight excluding hydrogens is 365 g/mol. The smallest absolute Gasteiger partial charge is 0.242 e. The highest BCUT2D eigenvalue weighted by atomic mass is 35.5. The molecule has 0 amide bonds. The van der Waals surface area contributed by atoms with Gasteiger partial charge in [-0.3, -0.25) is 0 Å². The Morgan fingerprint density at radius 2 is 2.18 bits per heavy atom. The molecule has 1 saturated heterocycles. The van der Waals surface area contributed by atoms with Gasteiger partial charge >= 0.3 is 0 Å². The van der Waals surface area contributed by atoms with Crippen LogP contribution in [0.2, 0.25) is 10.0 Å². The molecule has 1 aliphatic heterocycles. The molecule has 0 radical (unpaired) electrons. The van der Waals surface area contributed by atoms with Gasteiger partial charge in [-0.05, 0) is 24.6 Å². The lowest BCUT2D eigenvalue weighted by Gasteiger charge is -2.16. The Morgan fingerprint density at radius 3 is 2.91 bits per heavy atom. The predicted molar refractivity (Wildman–Crippen MR) is 89.5 cm³/mol. The van der Waals surface area contributed by atoms with E-state index in [0.29, 0.717) is 11.6 Å². The van der Waals surface area contributed by atoms with Crippen LogP contribution >= 0.6 is 34.5 Å². The molecule has 0 spiro atoms. The molecule has 1 aromatic carbocycles. The van der Waals surface area contributed by atoms with Gasteiger partial charge in [0.1, 0.15) is 4.90 Å². The Bertz CT molecular complexity index is 766. The first-order chi connectivity index (χ1) is 10.5. The first-order valence-corrected chi connectivity index (χ1v) is 9.69. The normalized spacial score (nSPS) is 18.8. The number of benzene rings is 1. The molecule has 2 heterocycles. The van der Waals surface area contributed by atoms with Crippen molar-refractivity contribution in [3.8, 4) is 0 Å². The van der Waals surface area contributed by atoms with Gasteiger partial charge in [-0.25, -0.2) is 18.1 Å². The van der Waals surface area contributed by atoms with E-state index in [1.807, 2.05) is 5.38 Å². The zero-order chi connectivity index (χ0) is 15.7. The maximum absolute atomic E-state index is 12.5. The molecule has 1 atom stereocenters. The quantitative estimate of drug-likeness (QED) is 0.889. The molecule has 0 aliphatic carbocycles. The summed E-state index contributed by atoms with van der Waals surface area (Å²) in [4.78, 5) is 6.32. The molecule has 0 bridgehead atoms. The van der Waals surface area contributed by atoms with Gasteiger partial charge in [0.25, 0.3) is 0 Å². The third kappa shape index (κ3) is 3.38. The predicted octanol–water partition coefficient (Wildman–Crippen LogP) is 3.01. The van der Waals surface area contributed by atoms with Gasteiger partial charge in [0.2, 0.25) is 10.0 Å². The van der Waals surface area contributed by atoms with Crippen molar-refractivity contribution in [3.63, 3.8) is 0 Å². The summed E-state index contributed by atoms with van der Waals surface area (Å²) in [7, 11) is -3.70. The summed E-state index contributed by atoms with van der Waals surface area (Å²) in [6.07, 6.45) is 2.46. The zero-order valence-corrected chi connectivity index (χ0v) is 14.5. The maximum atomic E-state index is 12.5. The summed E-state index contributed by atoms with van der Waals surface area (Å²) in [5.41, 5.74) is 0. The van der Waals surface area contributed by atoms with Crippen molar-refractivity contribution in [1.82, 2.24) is 9.71 Å². The second kappa shape index (κ2) is 6.33. The summed E-state index contributed by atoms with van der Waals surface area (Å²) < 4.78 is 27.6. The highest BCUT2D eigenvalue weighted by molar-refractivity contribution is 7.89. The van der Waals surface area contributed by atoms with E-state index in [4.69, 9.17) is 23.2 Å². The number of hydrogen-bond acceptors (Lipinski definition) is 5. The lowest BCUT2D eigenvalue weighted by atomic mass is 10.3. The summed E-state index contributed by atoms with van der Waals surface area (Å²) in [6, 6.07) is 4.22. The molecule has 1 aromatic heterocycles. The molecule has 2 aromatic rings. The highest BCUT2D eigenvalue weighted by Crippen LogP contribution is 2.27. The molecule has 0 saturated carbocycles. The van der Waals surface area contributed by atoms with Gasteiger partial charge in [0, 0.05) is 35.7 Å². The van der Waals surface area contributed by atoms with Crippen molar-refractivity contribution < 1.29 is 8.42 Å². The number of hydrogen-bond donors (Lipinski definition) is 1. The largest absolute Gasteiger partial charge is 0.346 e. The maximum Gasteiger partial charge on any atom is 0.242 e. The number of thiazole rings is 1. The second-order valence-electron chi connectivity index (χ2n) is 4.94. The van der Waals surface area contributed by atoms with Crippen LogP contribution in [-0.2, 0) is 10.0 Å². The number of aromatic nitrogens is 1. The third-order valence-electron chi connectivity index (χ3n) is 3.38. The van der Waals surface area contributed by atoms with E-state index in [1.165, 1.54) is 12.1 Å². The Labute approximate surface area is 142 Å². The molecule has 9 heteroatoms. The number of nitrogens with one attached hydrogen (secondary N) is 1. The van der Waals surface area contributed by atoms with E-state index in [1.54, 1.807) is 23.6 Å². The highest BCUT2D eigenvalue weighted by Gasteiger charge is 2.29. The minimum Gasteiger partial charge on any atom is -0.346 e. The van der Waals surface area contributed by atoms with E-state index in [2.05, 4.69) is 14.6 Å². The summed E-state index contributed by atoms with van der Waals surface area (Å²) in [6.45, 7) is 1.36. The average Bonchev–Trinajstić information content (AvgIpc) is 3.11. The van der Waals surface area contributed by atoms with E-state index < -0.39 is 10.0 Å². The van der Waals surface area contributed by atoms with E-state index >= 15 is 0 Å². The summed E-state index contributed by atoms with van der Waals surface area (Å²) in [5.74, 6) is 0. The van der Waals surface area contributed by atoms with Gasteiger partial charge in [-0.1, -0.05) is 23.2 Å². The molecule has 1 unspecified atom stereocenters. The first-order valence-electron chi connectivity index (χ1n) is 6.57. The van der Waals surface area contributed by atoms with E-state index in [9.17, 15) is 8.42 Å². The zero-order valence-electron chi connectivity index (χ0n) is 11.4. The van der Waals surface area contributed by atoms with Crippen LogP contribution in [0, 0.1) is 0 Å². The van der Waals surface area contributed by atoms with Gasteiger partial charge in [0.05, 0.1) is 5.02 Å². The monoisotopic (exact) mass is 377 g/mol. The number of rotatable bonds is 4. The van der Waals surface area contributed by atoms with E-state index in [-0.39, 0.29) is 16.0 Å². The van der Waals surface area contributed by atoms with Crippen LogP contribution < -0.4 is 9.62 Å². The molecule has 1 N–H and O–H groups in total. The van der Waals surface area contributed by atoms with Crippen LogP contribution in [0.15, 0.2) is 34.7 Å². The number of anilines is 1. The standard InChI is InChI=1S/C13H13Cl2N3O2S2/c14-9-1-2-11(15)12(7-9)22(19,20)17-10-3-5-18(8-10)13-16-4-6-21-13/h1-2,4,6-7,10,17H,3,5,8H2. The second-order valence-corrected chi connectivity index (χ2v) is 8.34. The van der Waals surface area contributed by atoms with Crippen molar-refractivity contribution in [2.45, 2.75) is 17.4 Å². The van der Waals surface area contributed by atoms with Crippen LogP contribution in [0.5, 0.6) is 0 Å². The number of halogens is 2. The molecule has 1 aliphatic rings. The Hall–Kier alpha value is -0.860. The number of sulfonamides is 1. The Balaban J connectivity index is 1.74. The van der Waals surface area contributed by atoms with Gasteiger partial charge in [-0.15, -0.1) is 11.3 Å². The lowest BCUT2D eigenvalue weighted by molar-refractivity contribution is 0.561. The fourth-order valence-electron chi connectivity index (χ4n) is 2.37. The lowest BCUT2D eigenvalue weighted by Crippen LogP contribution is -2.37. The fraction of sp³-hybridized carbons (Fsp3) is 0.308. The molecule has 1 fully saturated rings. The van der Waals surface area contributed by atoms with Gasteiger partial charge < -0.3 is 4.90 Å². The molecule has 118 valence electrons. The van der Waals surface area contributed by atoms with Crippen LogP contribution in [0.3, 0.4) is 0 Å². The van der Waals surface area contributed by atoms with Crippen molar-refractivity contribution in [3.05, 3.63) is 39.8 Å². The van der Waals surface area contributed by atoms with Crippen molar-refractivity contribution in [1.29, 1.82) is 0 Å². The minimum atomic E-state index is -3.70. The van der Waals surface area contributed by atoms with Crippen molar-refractivity contribution in [2.75, 3.05) is 18.0 Å². The Kier molecular flexibility index (Phi) is 4.61. The van der Waals surface area contributed by atoms with Gasteiger partial charge in [0.15, 0.2) is 5.13 Å². The van der Waals surface area contributed by atoms with Crippen LogP contribution in [-0.4, -0.2) is 32.5 Å². The van der Waals surface area contributed by atoms with Crippen LogP contribution in [0.4, 0.5) is 5.13 Å². The molecule has 22 heavy (non-hydrogen) atoms. The molecule has 5 nitrogen and oxygen atoms in total. The van der Waals surface area contributed by atoms with Crippen LogP contribution in [0.1, 0.15) is 6.42 Å². The topological polar surface area (TPSA) is 62.3 Å².